The van der Waals surface area contributed by atoms with Gasteiger partial charge in [0, 0.05) is 79.9 Å². The van der Waals surface area contributed by atoms with Crippen molar-refractivity contribution < 1.29 is 17.6 Å². The molecular weight excluding hydrogens is 957 g/mol. The van der Waals surface area contributed by atoms with E-state index in [9.17, 15) is 0 Å². The number of nitrogens with zero attached hydrogens (tertiary/aromatic N) is 8. The Bertz CT molecular complexity index is 3590. The number of anilines is 12. The lowest BCUT2D eigenvalue weighted by Gasteiger charge is -2.35. The van der Waals surface area contributed by atoms with E-state index >= 15 is 17.6 Å². The Morgan fingerprint density at radius 2 is 0.474 bits per heavy atom. The van der Waals surface area contributed by atoms with E-state index < -0.39 is 0 Å². The molecule has 0 aliphatic heterocycles. The molecule has 0 fully saturated rings. The van der Waals surface area contributed by atoms with E-state index in [0.29, 0.717) is 22.7 Å². The lowest BCUT2D eigenvalue weighted by molar-refractivity contribution is 0.627. The molecule has 0 aliphatic carbocycles. The third-order valence-corrected chi connectivity index (χ3v) is 14.0. The topological polar surface area (TPSA) is 64.5 Å². The standard InChI is InChI=1S/C64H46F4N8/c1-39-55(9-5-33-69-39)73(47-21-13-43(65)14-22-47)59-37-60(74(48-23-15-44(66)16-24-48)56-10-6-34-70-40(56)2)52-31-32-54-62(76(50-27-19-46(68)20-28-50)58-12-8-36-72-42(58)4)38-61(53-30-29-51(59)63(52)64(53)54)75(49-25-17-45(67)18-26-49)57-11-7-35-71-41(57)3/h5-38H,1-4H3. The highest BCUT2D eigenvalue weighted by Gasteiger charge is 2.30. The number of aryl methyl sites for hydroxylation is 4. The van der Waals surface area contributed by atoms with Crippen LogP contribution in [0, 0.1) is 51.0 Å². The first-order chi connectivity index (χ1) is 37.0. The molecule has 0 radical (unpaired) electrons. The molecule has 12 rings (SSSR count). The molecule has 0 saturated carbocycles. The van der Waals surface area contributed by atoms with Gasteiger partial charge in [0.1, 0.15) is 23.3 Å². The number of pyridine rings is 4. The molecule has 0 N–H and O–H groups in total. The summed E-state index contributed by atoms with van der Waals surface area (Å²) in [4.78, 5) is 27.5. The van der Waals surface area contributed by atoms with Gasteiger partial charge in [-0.3, -0.25) is 19.9 Å². The van der Waals surface area contributed by atoms with Crippen molar-refractivity contribution in [3.63, 3.8) is 0 Å². The molecule has 0 aliphatic rings. The number of halogens is 4. The van der Waals surface area contributed by atoms with E-state index in [0.717, 1.165) is 101 Å². The van der Waals surface area contributed by atoms with Gasteiger partial charge in [-0.15, -0.1) is 0 Å². The highest BCUT2D eigenvalue weighted by Crippen LogP contribution is 2.55. The SMILES string of the molecule is Cc1ncccc1N(c1ccc(F)cc1)c1cc(N(c2ccc(F)cc2)c2cccnc2C)c2ccc3c(N(c4ccc(F)cc4)c4cccnc4C)cc(N(c4ccc(F)cc4)c4cccnc4C)c4ccc1c2c43. The van der Waals surface area contributed by atoms with Crippen LogP contribution in [0.2, 0.25) is 0 Å². The smallest absolute Gasteiger partial charge is 0.123 e. The highest BCUT2D eigenvalue weighted by atomic mass is 19.1. The summed E-state index contributed by atoms with van der Waals surface area (Å²) < 4.78 is 60.1. The van der Waals surface area contributed by atoms with Crippen molar-refractivity contribution in [2.45, 2.75) is 27.7 Å². The lowest BCUT2D eigenvalue weighted by Crippen LogP contribution is -2.17. The zero-order chi connectivity index (χ0) is 52.2. The molecule has 4 heterocycles. The zero-order valence-electron chi connectivity index (χ0n) is 41.7. The third kappa shape index (κ3) is 8.30. The van der Waals surface area contributed by atoms with Crippen molar-refractivity contribution in [1.29, 1.82) is 0 Å². The molecule has 0 unspecified atom stereocenters. The monoisotopic (exact) mass is 1000 g/mol. The van der Waals surface area contributed by atoms with Crippen molar-refractivity contribution in [3.8, 4) is 0 Å². The summed E-state index contributed by atoms with van der Waals surface area (Å²) in [5.41, 5.74) is 11.6. The van der Waals surface area contributed by atoms with Crippen molar-refractivity contribution >= 4 is 101 Å². The van der Waals surface area contributed by atoms with Gasteiger partial charge < -0.3 is 19.6 Å². The largest absolute Gasteiger partial charge is 0.308 e. The van der Waals surface area contributed by atoms with Crippen molar-refractivity contribution in [2.75, 3.05) is 19.6 Å². The molecule has 8 aromatic carbocycles. The van der Waals surface area contributed by atoms with E-state index in [2.05, 4.69) is 56.0 Å². The zero-order valence-corrected chi connectivity index (χ0v) is 41.7. The van der Waals surface area contributed by atoms with Gasteiger partial charge >= 0.3 is 0 Å². The van der Waals surface area contributed by atoms with E-state index in [1.54, 1.807) is 73.3 Å². The minimum atomic E-state index is -0.388. The second-order valence-corrected chi connectivity index (χ2v) is 18.6. The first-order valence-corrected chi connectivity index (χ1v) is 24.7. The fourth-order valence-electron chi connectivity index (χ4n) is 10.5. The van der Waals surface area contributed by atoms with Crippen LogP contribution in [-0.2, 0) is 0 Å². The molecule has 12 aromatic rings. The second kappa shape index (κ2) is 19.3. The van der Waals surface area contributed by atoms with E-state index in [1.807, 2.05) is 76.2 Å². The number of benzene rings is 8. The maximum absolute atomic E-state index is 15.0. The maximum Gasteiger partial charge on any atom is 0.123 e. The van der Waals surface area contributed by atoms with Gasteiger partial charge in [0.25, 0.3) is 0 Å². The summed E-state index contributed by atoms with van der Waals surface area (Å²) in [5.74, 6) is -1.55. The van der Waals surface area contributed by atoms with Crippen molar-refractivity contribution in [3.05, 3.63) is 253 Å². The van der Waals surface area contributed by atoms with Crippen LogP contribution in [0.1, 0.15) is 22.8 Å². The first kappa shape index (κ1) is 47.3. The van der Waals surface area contributed by atoms with Gasteiger partial charge in [0.2, 0.25) is 0 Å². The molecule has 12 heteroatoms. The Morgan fingerprint density at radius 1 is 0.263 bits per heavy atom. The summed E-state index contributed by atoms with van der Waals surface area (Å²) in [6.07, 6.45) is 6.98. The quantitative estimate of drug-likeness (QED) is 0.0886. The first-order valence-electron chi connectivity index (χ1n) is 24.7. The Balaban J connectivity index is 1.31. The molecular formula is C64H46F4N8. The van der Waals surface area contributed by atoms with Crippen LogP contribution in [-0.4, -0.2) is 19.9 Å². The fourth-order valence-corrected chi connectivity index (χ4v) is 10.5. The van der Waals surface area contributed by atoms with Crippen LogP contribution in [0.15, 0.2) is 207 Å². The minimum Gasteiger partial charge on any atom is -0.308 e. The predicted molar refractivity (Wildman–Crippen MR) is 299 cm³/mol. The van der Waals surface area contributed by atoms with Gasteiger partial charge in [-0.2, -0.15) is 0 Å². The molecule has 0 saturated heterocycles. The van der Waals surface area contributed by atoms with Crippen LogP contribution < -0.4 is 19.6 Å². The Kier molecular flexibility index (Phi) is 12.0. The number of rotatable bonds is 12. The molecule has 370 valence electrons. The number of hydrogen-bond acceptors (Lipinski definition) is 8. The minimum absolute atomic E-state index is 0.388. The molecule has 0 atom stereocenters. The Hall–Kier alpha value is -9.68. The van der Waals surface area contributed by atoms with E-state index in [4.69, 9.17) is 19.9 Å². The molecule has 76 heavy (non-hydrogen) atoms. The summed E-state index contributed by atoms with van der Waals surface area (Å²) in [5, 5.41) is 5.07. The Labute approximate surface area is 436 Å². The normalized spacial score (nSPS) is 11.4. The number of aromatic nitrogens is 4. The molecule has 8 nitrogen and oxygen atoms in total. The van der Waals surface area contributed by atoms with Crippen LogP contribution in [0.3, 0.4) is 0 Å². The van der Waals surface area contributed by atoms with Gasteiger partial charge in [-0.1, -0.05) is 24.3 Å². The molecule has 0 spiro atoms. The van der Waals surface area contributed by atoms with Crippen molar-refractivity contribution in [1.82, 2.24) is 19.9 Å². The van der Waals surface area contributed by atoms with E-state index in [1.165, 1.54) is 48.5 Å². The van der Waals surface area contributed by atoms with Gasteiger partial charge in [-0.25, -0.2) is 17.6 Å². The van der Waals surface area contributed by atoms with Crippen LogP contribution in [0.5, 0.6) is 0 Å². The summed E-state index contributed by atoms with van der Waals surface area (Å²) >= 11 is 0. The van der Waals surface area contributed by atoms with Crippen LogP contribution in [0.25, 0.3) is 32.3 Å². The Morgan fingerprint density at radius 3 is 0.671 bits per heavy atom. The van der Waals surface area contributed by atoms with Crippen molar-refractivity contribution in [2.24, 2.45) is 0 Å². The van der Waals surface area contributed by atoms with Gasteiger partial charge in [0.15, 0.2) is 0 Å². The maximum atomic E-state index is 15.0. The van der Waals surface area contributed by atoms with Gasteiger partial charge in [-0.05, 0) is 185 Å². The molecule has 0 bridgehead atoms. The summed E-state index contributed by atoms with van der Waals surface area (Å²) in [6, 6.07) is 53.9. The summed E-state index contributed by atoms with van der Waals surface area (Å²) in [7, 11) is 0. The molecule has 4 aromatic heterocycles. The van der Waals surface area contributed by atoms with E-state index in [-0.39, 0.29) is 23.3 Å². The lowest BCUT2D eigenvalue weighted by atomic mass is 9.89. The van der Waals surface area contributed by atoms with Crippen LogP contribution in [0.4, 0.5) is 85.8 Å². The predicted octanol–water partition coefficient (Wildman–Crippen LogP) is 17.8. The second-order valence-electron chi connectivity index (χ2n) is 18.6. The average Bonchev–Trinajstić information content (AvgIpc) is 3.63. The number of hydrogen-bond donors (Lipinski definition) is 0. The van der Waals surface area contributed by atoms with Gasteiger partial charge in [0.05, 0.1) is 68.3 Å². The highest BCUT2D eigenvalue weighted by molar-refractivity contribution is 6.33. The fraction of sp³-hybridized carbons (Fsp3) is 0.0625. The average molecular weight is 1000 g/mol. The summed E-state index contributed by atoms with van der Waals surface area (Å²) in [6.45, 7) is 7.78. The molecule has 0 amide bonds. The van der Waals surface area contributed by atoms with Crippen LogP contribution >= 0.6 is 0 Å². The third-order valence-electron chi connectivity index (χ3n) is 14.0.